The second-order valence-electron chi connectivity index (χ2n) is 4.22. The number of hydrogen-bond acceptors (Lipinski definition) is 3. The van der Waals surface area contributed by atoms with E-state index in [9.17, 15) is 5.11 Å². The third kappa shape index (κ3) is 2.05. The van der Waals surface area contributed by atoms with Crippen LogP contribution in [0.2, 0.25) is 0 Å². The number of pyridine rings is 1. The number of hydrogen-bond donors (Lipinski definition) is 2. The maximum Gasteiger partial charge on any atom is 0.0880 e. The summed E-state index contributed by atoms with van der Waals surface area (Å²) in [4.78, 5) is 4.24. The van der Waals surface area contributed by atoms with E-state index in [0.717, 1.165) is 16.5 Å². The highest BCUT2D eigenvalue weighted by atomic mass is 16.3. The van der Waals surface area contributed by atoms with E-state index >= 15 is 0 Å². The van der Waals surface area contributed by atoms with E-state index in [0.29, 0.717) is 13.0 Å². The van der Waals surface area contributed by atoms with Gasteiger partial charge in [0.1, 0.15) is 0 Å². The van der Waals surface area contributed by atoms with Crippen molar-refractivity contribution >= 4 is 10.9 Å². The highest BCUT2D eigenvalue weighted by Crippen LogP contribution is 2.26. The molecule has 2 aromatic rings. The van der Waals surface area contributed by atoms with Crippen LogP contribution in [-0.4, -0.2) is 16.6 Å². The Balaban J connectivity index is 2.46. The van der Waals surface area contributed by atoms with Gasteiger partial charge in [0.05, 0.1) is 11.1 Å². The van der Waals surface area contributed by atoms with Crippen LogP contribution >= 0.6 is 0 Å². The van der Waals surface area contributed by atoms with Crippen molar-refractivity contribution in [2.75, 3.05) is 6.54 Å². The molecule has 3 N–H and O–H groups in total. The topological polar surface area (TPSA) is 59.1 Å². The third-order valence-corrected chi connectivity index (χ3v) is 2.86. The molecule has 0 aliphatic carbocycles. The Hall–Kier alpha value is -1.45. The van der Waals surface area contributed by atoms with Crippen molar-refractivity contribution in [3.05, 3.63) is 42.1 Å². The first-order chi connectivity index (χ1) is 7.63. The maximum atomic E-state index is 10.2. The molecule has 1 heterocycles. The first-order valence-corrected chi connectivity index (χ1v) is 5.41. The molecule has 1 unspecified atom stereocenters. The first kappa shape index (κ1) is 11.0. The van der Waals surface area contributed by atoms with Crippen LogP contribution in [0.4, 0.5) is 0 Å². The molecule has 16 heavy (non-hydrogen) atoms. The van der Waals surface area contributed by atoms with Crippen molar-refractivity contribution < 1.29 is 5.11 Å². The standard InChI is InChI=1S/C13H16N2O/c1-13(16,6-7-14)11-4-5-12-10(9-11)3-2-8-15-12/h2-5,8-9,16H,6-7,14H2,1H3. The monoisotopic (exact) mass is 216 g/mol. The number of fused-ring (bicyclic) bond motifs is 1. The summed E-state index contributed by atoms with van der Waals surface area (Å²) in [6, 6.07) is 9.69. The van der Waals surface area contributed by atoms with E-state index in [1.165, 1.54) is 0 Å². The first-order valence-electron chi connectivity index (χ1n) is 5.41. The SMILES string of the molecule is CC(O)(CCN)c1ccc2ncccc2c1. The van der Waals surface area contributed by atoms with E-state index in [1.54, 1.807) is 13.1 Å². The molecule has 0 aliphatic rings. The van der Waals surface area contributed by atoms with Crippen molar-refractivity contribution in [3.8, 4) is 0 Å². The lowest BCUT2D eigenvalue weighted by Gasteiger charge is -2.23. The zero-order valence-corrected chi connectivity index (χ0v) is 9.35. The molecule has 0 spiro atoms. The predicted molar refractivity (Wildman–Crippen MR) is 65.0 cm³/mol. The molecular formula is C13H16N2O. The van der Waals surface area contributed by atoms with Gasteiger partial charge in [-0.2, -0.15) is 0 Å². The molecule has 3 heteroatoms. The molecule has 0 saturated carbocycles. The van der Waals surface area contributed by atoms with Gasteiger partial charge in [0.2, 0.25) is 0 Å². The average molecular weight is 216 g/mol. The van der Waals surface area contributed by atoms with Gasteiger partial charge in [-0.05, 0) is 43.7 Å². The molecular weight excluding hydrogens is 200 g/mol. The Kier molecular flexibility index (Phi) is 2.90. The van der Waals surface area contributed by atoms with Gasteiger partial charge in [0.15, 0.2) is 0 Å². The molecule has 1 atom stereocenters. The Morgan fingerprint density at radius 2 is 2.19 bits per heavy atom. The highest BCUT2D eigenvalue weighted by molar-refractivity contribution is 5.79. The van der Waals surface area contributed by atoms with Crippen LogP contribution in [-0.2, 0) is 5.60 Å². The van der Waals surface area contributed by atoms with Gasteiger partial charge in [-0.1, -0.05) is 12.1 Å². The number of rotatable bonds is 3. The fourth-order valence-corrected chi connectivity index (χ4v) is 1.84. The quantitative estimate of drug-likeness (QED) is 0.822. The molecule has 2 rings (SSSR count). The highest BCUT2D eigenvalue weighted by Gasteiger charge is 2.21. The molecule has 0 fully saturated rings. The normalized spacial score (nSPS) is 14.9. The minimum absolute atomic E-state index is 0.470. The summed E-state index contributed by atoms with van der Waals surface area (Å²) < 4.78 is 0. The van der Waals surface area contributed by atoms with E-state index in [2.05, 4.69) is 4.98 Å². The van der Waals surface area contributed by atoms with Gasteiger partial charge < -0.3 is 10.8 Å². The third-order valence-electron chi connectivity index (χ3n) is 2.86. The Bertz CT molecular complexity index is 494. The van der Waals surface area contributed by atoms with Crippen LogP contribution in [0, 0.1) is 0 Å². The van der Waals surface area contributed by atoms with E-state index in [-0.39, 0.29) is 0 Å². The second-order valence-corrected chi connectivity index (χ2v) is 4.22. The van der Waals surface area contributed by atoms with Gasteiger partial charge in [-0.25, -0.2) is 0 Å². The summed E-state index contributed by atoms with van der Waals surface area (Å²) >= 11 is 0. The number of aromatic nitrogens is 1. The molecule has 1 aromatic carbocycles. The largest absolute Gasteiger partial charge is 0.385 e. The average Bonchev–Trinajstić information content (AvgIpc) is 2.28. The smallest absolute Gasteiger partial charge is 0.0880 e. The van der Waals surface area contributed by atoms with Crippen molar-refractivity contribution in [3.63, 3.8) is 0 Å². The summed E-state index contributed by atoms with van der Waals surface area (Å²) in [6.07, 6.45) is 2.32. The van der Waals surface area contributed by atoms with Gasteiger partial charge in [-0.3, -0.25) is 4.98 Å². The molecule has 0 bridgehead atoms. The molecule has 0 saturated heterocycles. The summed E-state index contributed by atoms with van der Waals surface area (Å²) in [5.41, 5.74) is 6.46. The van der Waals surface area contributed by atoms with E-state index in [1.807, 2.05) is 30.3 Å². The summed E-state index contributed by atoms with van der Waals surface area (Å²) in [6.45, 7) is 2.26. The Labute approximate surface area is 94.9 Å². The lowest BCUT2D eigenvalue weighted by Crippen LogP contribution is -2.24. The molecule has 3 nitrogen and oxygen atoms in total. The molecule has 0 amide bonds. The lowest BCUT2D eigenvalue weighted by molar-refractivity contribution is 0.0505. The van der Waals surface area contributed by atoms with Gasteiger partial charge in [0, 0.05) is 11.6 Å². The van der Waals surface area contributed by atoms with Gasteiger partial charge >= 0.3 is 0 Å². The molecule has 84 valence electrons. The minimum Gasteiger partial charge on any atom is -0.385 e. The Morgan fingerprint density at radius 1 is 1.38 bits per heavy atom. The van der Waals surface area contributed by atoms with E-state index in [4.69, 9.17) is 5.73 Å². The Morgan fingerprint density at radius 3 is 2.94 bits per heavy atom. The maximum absolute atomic E-state index is 10.2. The second kappa shape index (κ2) is 4.20. The van der Waals surface area contributed by atoms with Crippen LogP contribution in [0.3, 0.4) is 0 Å². The number of nitrogens with two attached hydrogens (primary N) is 1. The van der Waals surface area contributed by atoms with Crippen molar-refractivity contribution in [1.29, 1.82) is 0 Å². The minimum atomic E-state index is -0.862. The number of aliphatic hydroxyl groups is 1. The molecule has 1 aromatic heterocycles. The van der Waals surface area contributed by atoms with Crippen LogP contribution < -0.4 is 5.73 Å². The van der Waals surface area contributed by atoms with Crippen molar-refractivity contribution in [1.82, 2.24) is 4.98 Å². The number of benzene rings is 1. The van der Waals surface area contributed by atoms with Crippen LogP contribution in [0.1, 0.15) is 18.9 Å². The van der Waals surface area contributed by atoms with Crippen LogP contribution in [0.15, 0.2) is 36.5 Å². The van der Waals surface area contributed by atoms with Crippen molar-refractivity contribution in [2.24, 2.45) is 5.73 Å². The van der Waals surface area contributed by atoms with Crippen LogP contribution in [0.5, 0.6) is 0 Å². The fraction of sp³-hybridized carbons (Fsp3) is 0.308. The zero-order chi connectivity index (χ0) is 11.6. The van der Waals surface area contributed by atoms with Gasteiger partial charge in [-0.15, -0.1) is 0 Å². The van der Waals surface area contributed by atoms with Gasteiger partial charge in [0.25, 0.3) is 0 Å². The van der Waals surface area contributed by atoms with Crippen molar-refractivity contribution in [2.45, 2.75) is 18.9 Å². The summed E-state index contributed by atoms with van der Waals surface area (Å²) in [5.74, 6) is 0. The summed E-state index contributed by atoms with van der Waals surface area (Å²) in [7, 11) is 0. The van der Waals surface area contributed by atoms with Crippen LogP contribution in [0.25, 0.3) is 10.9 Å². The summed E-state index contributed by atoms with van der Waals surface area (Å²) in [5, 5.41) is 11.3. The zero-order valence-electron chi connectivity index (χ0n) is 9.35. The lowest BCUT2D eigenvalue weighted by atomic mass is 9.91. The number of nitrogens with zero attached hydrogens (tertiary/aromatic N) is 1. The van der Waals surface area contributed by atoms with E-state index < -0.39 is 5.60 Å². The molecule has 0 radical (unpaired) electrons. The molecule has 0 aliphatic heterocycles. The predicted octanol–water partition coefficient (Wildman–Crippen LogP) is 1.79. The fourth-order valence-electron chi connectivity index (χ4n) is 1.84.